The molecule has 0 saturated carbocycles. The van der Waals surface area contributed by atoms with Crippen molar-refractivity contribution in [1.29, 1.82) is 0 Å². The number of rotatable bonds is 2. The quantitative estimate of drug-likeness (QED) is 0.736. The zero-order chi connectivity index (χ0) is 17.0. The van der Waals surface area contributed by atoms with Crippen molar-refractivity contribution < 1.29 is 9.59 Å². The normalized spacial score (nSPS) is 16.0. The molecular weight excluding hydrogens is 298 g/mol. The summed E-state index contributed by atoms with van der Waals surface area (Å²) in [6, 6.07) is 2.56. The van der Waals surface area contributed by atoms with E-state index in [1.165, 1.54) is 12.1 Å². The summed E-state index contributed by atoms with van der Waals surface area (Å²) in [7, 11) is 0. The van der Waals surface area contributed by atoms with Gasteiger partial charge in [0, 0.05) is 30.7 Å². The van der Waals surface area contributed by atoms with Gasteiger partial charge in [-0.25, -0.2) is 9.89 Å². The number of urea groups is 1. The topological polar surface area (TPSA) is 107 Å². The maximum Gasteiger partial charge on any atom is 0.315 e. The number of likely N-dealkylation sites (tertiary alicyclic amines) is 1. The minimum Gasteiger partial charge on any atom is -0.337 e. The summed E-state index contributed by atoms with van der Waals surface area (Å²) in [5, 5.41) is 11.8. The van der Waals surface area contributed by atoms with Crippen molar-refractivity contribution >= 4 is 11.9 Å². The van der Waals surface area contributed by atoms with Crippen LogP contribution in [-0.2, 0) is 0 Å². The van der Waals surface area contributed by atoms with Gasteiger partial charge in [-0.15, -0.1) is 0 Å². The first-order valence-electron chi connectivity index (χ1n) is 7.68. The number of aromatic nitrogens is 2. The lowest BCUT2D eigenvalue weighted by Crippen LogP contribution is -2.52. The molecule has 2 rings (SSSR count). The molecule has 2 heterocycles. The number of hydrogen-bond acceptors (Lipinski definition) is 4. The van der Waals surface area contributed by atoms with E-state index in [1.807, 2.05) is 20.8 Å². The molecule has 0 radical (unpaired) electrons. The monoisotopic (exact) mass is 321 g/mol. The molecule has 0 atom stereocenters. The molecule has 1 aliphatic rings. The van der Waals surface area contributed by atoms with E-state index in [-0.39, 0.29) is 34.8 Å². The lowest BCUT2D eigenvalue weighted by Gasteiger charge is -2.33. The van der Waals surface area contributed by atoms with Crippen LogP contribution in [0.4, 0.5) is 4.79 Å². The van der Waals surface area contributed by atoms with E-state index in [0.717, 1.165) is 0 Å². The molecule has 1 aromatic rings. The average Bonchev–Trinajstić information content (AvgIpc) is 2.46. The summed E-state index contributed by atoms with van der Waals surface area (Å²) in [6.07, 6.45) is 1.37. The van der Waals surface area contributed by atoms with Crippen LogP contribution in [0, 0.1) is 0 Å². The highest BCUT2D eigenvalue weighted by molar-refractivity contribution is 5.92. The smallest absolute Gasteiger partial charge is 0.315 e. The van der Waals surface area contributed by atoms with Gasteiger partial charge in [-0.1, -0.05) is 0 Å². The lowest BCUT2D eigenvalue weighted by atomic mass is 10.0. The number of piperidine rings is 1. The summed E-state index contributed by atoms with van der Waals surface area (Å²) in [6.45, 7) is 6.85. The first-order chi connectivity index (χ1) is 10.7. The Bertz CT molecular complexity index is 606. The minimum atomic E-state index is -0.339. The van der Waals surface area contributed by atoms with Crippen LogP contribution in [0.15, 0.2) is 16.9 Å². The SMILES string of the molecule is CC(C)(C)NC(=O)NC1CCN(C(=O)c2ccc(=O)[nH]n2)CC1. The first kappa shape index (κ1) is 17.0. The van der Waals surface area contributed by atoms with Gasteiger partial charge in [0.15, 0.2) is 0 Å². The molecule has 0 aliphatic carbocycles. The Kier molecular flexibility index (Phi) is 5.02. The zero-order valence-corrected chi connectivity index (χ0v) is 13.7. The van der Waals surface area contributed by atoms with Gasteiger partial charge in [-0.3, -0.25) is 9.59 Å². The molecule has 1 aromatic heterocycles. The molecule has 0 aromatic carbocycles. The van der Waals surface area contributed by atoms with Crippen LogP contribution in [0.2, 0.25) is 0 Å². The third kappa shape index (κ3) is 5.08. The Hall–Kier alpha value is -2.38. The van der Waals surface area contributed by atoms with Crippen molar-refractivity contribution in [1.82, 2.24) is 25.7 Å². The highest BCUT2D eigenvalue weighted by Gasteiger charge is 2.26. The van der Waals surface area contributed by atoms with Crippen molar-refractivity contribution in [2.75, 3.05) is 13.1 Å². The summed E-state index contributed by atoms with van der Waals surface area (Å²) >= 11 is 0. The van der Waals surface area contributed by atoms with Crippen molar-refractivity contribution in [3.05, 3.63) is 28.2 Å². The Balaban J connectivity index is 1.84. The van der Waals surface area contributed by atoms with Gasteiger partial charge < -0.3 is 15.5 Å². The average molecular weight is 321 g/mol. The van der Waals surface area contributed by atoms with E-state index in [9.17, 15) is 14.4 Å². The maximum absolute atomic E-state index is 12.3. The second kappa shape index (κ2) is 6.80. The minimum absolute atomic E-state index is 0.0462. The standard InChI is InChI=1S/C15H23N5O3/c1-15(2,3)17-14(23)16-10-6-8-20(9-7-10)13(22)11-4-5-12(21)19-18-11/h4-5,10H,6-9H2,1-3H3,(H,19,21)(H2,16,17,23). The maximum atomic E-state index is 12.3. The van der Waals surface area contributed by atoms with Crippen LogP contribution in [0.3, 0.4) is 0 Å². The van der Waals surface area contributed by atoms with Crippen LogP contribution in [0.25, 0.3) is 0 Å². The fourth-order valence-corrected chi connectivity index (χ4v) is 2.41. The summed E-state index contributed by atoms with van der Waals surface area (Å²) in [5.41, 5.74) is -0.396. The van der Waals surface area contributed by atoms with Crippen molar-refractivity contribution in [2.45, 2.75) is 45.2 Å². The number of carbonyl (C=O) groups excluding carboxylic acids is 2. The molecule has 126 valence electrons. The van der Waals surface area contributed by atoms with Crippen LogP contribution in [0.5, 0.6) is 0 Å². The number of carbonyl (C=O) groups is 2. The molecule has 0 spiro atoms. The molecule has 3 amide bonds. The third-order valence-electron chi connectivity index (χ3n) is 3.50. The molecule has 0 bridgehead atoms. The van der Waals surface area contributed by atoms with Gasteiger partial charge in [-0.05, 0) is 39.7 Å². The van der Waals surface area contributed by atoms with Gasteiger partial charge in [0.2, 0.25) is 0 Å². The second-order valence-electron chi connectivity index (χ2n) is 6.72. The predicted octanol–water partition coefficient (Wildman–Crippen LogP) is 0.472. The van der Waals surface area contributed by atoms with Gasteiger partial charge in [0.1, 0.15) is 5.69 Å². The summed E-state index contributed by atoms with van der Waals surface area (Å²) in [4.78, 5) is 36.8. The van der Waals surface area contributed by atoms with Gasteiger partial charge >= 0.3 is 6.03 Å². The first-order valence-corrected chi connectivity index (χ1v) is 7.68. The van der Waals surface area contributed by atoms with Gasteiger partial charge in [0.05, 0.1) is 0 Å². The number of hydrogen-bond donors (Lipinski definition) is 3. The molecular formula is C15H23N5O3. The number of nitrogens with one attached hydrogen (secondary N) is 3. The van der Waals surface area contributed by atoms with Gasteiger partial charge in [-0.2, -0.15) is 5.10 Å². The molecule has 23 heavy (non-hydrogen) atoms. The third-order valence-corrected chi connectivity index (χ3v) is 3.50. The molecule has 1 fully saturated rings. The van der Waals surface area contributed by atoms with Crippen molar-refractivity contribution in [2.24, 2.45) is 0 Å². The zero-order valence-electron chi connectivity index (χ0n) is 13.7. The van der Waals surface area contributed by atoms with E-state index >= 15 is 0 Å². The van der Waals surface area contributed by atoms with Crippen LogP contribution in [-0.4, -0.2) is 51.7 Å². The van der Waals surface area contributed by atoms with Crippen LogP contribution < -0.4 is 16.2 Å². The Morgan fingerprint density at radius 1 is 1.26 bits per heavy atom. The number of amides is 3. The van der Waals surface area contributed by atoms with Crippen LogP contribution >= 0.6 is 0 Å². The van der Waals surface area contributed by atoms with E-state index < -0.39 is 0 Å². The fourth-order valence-electron chi connectivity index (χ4n) is 2.41. The number of H-pyrrole nitrogens is 1. The van der Waals surface area contributed by atoms with E-state index in [4.69, 9.17) is 0 Å². The Morgan fingerprint density at radius 3 is 2.43 bits per heavy atom. The van der Waals surface area contributed by atoms with Crippen molar-refractivity contribution in [3.8, 4) is 0 Å². The molecule has 3 N–H and O–H groups in total. The lowest BCUT2D eigenvalue weighted by molar-refractivity contribution is 0.0701. The van der Waals surface area contributed by atoms with E-state index in [0.29, 0.717) is 25.9 Å². The highest BCUT2D eigenvalue weighted by Crippen LogP contribution is 2.13. The fraction of sp³-hybridized carbons (Fsp3) is 0.600. The molecule has 8 nitrogen and oxygen atoms in total. The van der Waals surface area contributed by atoms with E-state index in [2.05, 4.69) is 20.8 Å². The molecule has 1 aliphatic heterocycles. The van der Waals surface area contributed by atoms with Crippen LogP contribution in [0.1, 0.15) is 44.1 Å². The molecule has 8 heteroatoms. The van der Waals surface area contributed by atoms with Gasteiger partial charge in [0.25, 0.3) is 11.5 Å². The summed E-state index contributed by atoms with van der Waals surface area (Å²) in [5.74, 6) is -0.209. The number of aromatic amines is 1. The Morgan fingerprint density at radius 2 is 1.91 bits per heavy atom. The molecule has 0 unspecified atom stereocenters. The van der Waals surface area contributed by atoms with Crippen molar-refractivity contribution in [3.63, 3.8) is 0 Å². The number of nitrogens with zero attached hydrogens (tertiary/aromatic N) is 2. The largest absolute Gasteiger partial charge is 0.337 e. The second-order valence-corrected chi connectivity index (χ2v) is 6.72. The summed E-state index contributed by atoms with van der Waals surface area (Å²) < 4.78 is 0. The Labute approximate surface area is 134 Å². The molecule has 1 saturated heterocycles. The van der Waals surface area contributed by atoms with E-state index in [1.54, 1.807) is 4.90 Å². The highest BCUT2D eigenvalue weighted by atomic mass is 16.2. The predicted molar refractivity (Wildman–Crippen MR) is 85.2 cm³/mol.